The zero-order valence-electron chi connectivity index (χ0n) is 15.8. The van der Waals surface area contributed by atoms with E-state index in [0.29, 0.717) is 38.0 Å². The van der Waals surface area contributed by atoms with E-state index in [9.17, 15) is 30.8 Å². The van der Waals surface area contributed by atoms with Gasteiger partial charge >= 0.3 is 6.36 Å². The number of anilines is 1. The average molecular weight is 463 g/mol. The SMILES string of the molecule is Nc1cc(S(=O)(=O)c2ccc(OC(F)(F)F)cc2F)cnc1C(=O)NC[C@@H]1CCOC1. The molecule has 3 rings (SSSR count). The monoisotopic (exact) mass is 463 g/mol. The Labute approximate surface area is 174 Å². The van der Waals surface area contributed by atoms with Crippen molar-refractivity contribution in [3.63, 3.8) is 0 Å². The van der Waals surface area contributed by atoms with Crippen molar-refractivity contribution < 1.29 is 40.2 Å². The zero-order chi connectivity index (χ0) is 22.8. The second-order valence-electron chi connectivity index (χ2n) is 6.69. The van der Waals surface area contributed by atoms with E-state index in [1.165, 1.54) is 0 Å². The molecule has 0 saturated carbocycles. The molecular formula is C18H17F4N3O5S. The quantitative estimate of drug-likeness (QED) is 0.631. The van der Waals surface area contributed by atoms with E-state index in [1.807, 2.05) is 0 Å². The predicted octanol–water partition coefficient (Wildman–Crippen LogP) is 2.30. The summed E-state index contributed by atoms with van der Waals surface area (Å²) in [6, 6.07) is 2.52. The van der Waals surface area contributed by atoms with Gasteiger partial charge in [0.2, 0.25) is 9.84 Å². The van der Waals surface area contributed by atoms with Gasteiger partial charge in [0, 0.05) is 31.3 Å². The Balaban J connectivity index is 1.80. The molecule has 0 aliphatic carbocycles. The standard InChI is InChI=1S/C18H17F4N3O5S/c19-13-5-11(30-18(20,21)22)1-2-15(13)31(27,28)12-6-14(23)16(24-8-12)17(26)25-7-10-3-4-29-9-10/h1-2,5-6,8,10H,3-4,7,9,23H2,(H,25,26)/t10-/m0/s1. The Kier molecular flexibility index (Phi) is 6.36. The molecule has 1 saturated heterocycles. The number of amides is 1. The molecule has 1 amide bonds. The van der Waals surface area contributed by atoms with Crippen molar-refractivity contribution in [1.82, 2.24) is 10.3 Å². The van der Waals surface area contributed by atoms with Gasteiger partial charge in [0.25, 0.3) is 5.91 Å². The Hall–Kier alpha value is -2.93. The number of rotatable bonds is 6. The third kappa shape index (κ3) is 5.41. The molecule has 1 atom stereocenters. The van der Waals surface area contributed by atoms with Crippen LogP contribution in [0.1, 0.15) is 16.9 Å². The van der Waals surface area contributed by atoms with Crippen molar-refractivity contribution >= 4 is 21.4 Å². The maximum absolute atomic E-state index is 14.2. The normalized spacial score (nSPS) is 16.8. The van der Waals surface area contributed by atoms with Gasteiger partial charge in [0.1, 0.15) is 16.5 Å². The summed E-state index contributed by atoms with van der Waals surface area (Å²) < 4.78 is 85.0. The highest BCUT2D eigenvalue weighted by molar-refractivity contribution is 7.91. The largest absolute Gasteiger partial charge is 0.573 e. The molecule has 1 aliphatic rings. The molecule has 1 aliphatic heterocycles. The van der Waals surface area contributed by atoms with Crippen molar-refractivity contribution in [1.29, 1.82) is 0 Å². The molecular weight excluding hydrogens is 446 g/mol. The summed E-state index contributed by atoms with van der Waals surface area (Å²) in [7, 11) is -4.52. The zero-order valence-corrected chi connectivity index (χ0v) is 16.6. The number of alkyl halides is 3. The molecule has 168 valence electrons. The lowest BCUT2D eigenvalue weighted by Crippen LogP contribution is -2.30. The van der Waals surface area contributed by atoms with E-state index in [-0.39, 0.29) is 17.3 Å². The van der Waals surface area contributed by atoms with Crippen molar-refractivity contribution in [3.8, 4) is 5.75 Å². The number of halogens is 4. The summed E-state index contributed by atoms with van der Waals surface area (Å²) >= 11 is 0. The number of aromatic nitrogens is 1. The average Bonchev–Trinajstić information content (AvgIpc) is 3.18. The minimum absolute atomic E-state index is 0.150. The summed E-state index contributed by atoms with van der Waals surface area (Å²) in [5, 5.41) is 2.63. The number of pyridine rings is 1. The first-order valence-corrected chi connectivity index (χ1v) is 10.4. The van der Waals surface area contributed by atoms with Gasteiger partial charge in [0.15, 0.2) is 5.69 Å². The van der Waals surface area contributed by atoms with Gasteiger partial charge in [-0.1, -0.05) is 0 Å². The molecule has 8 nitrogen and oxygen atoms in total. The van der Waals surface area contributed by atoms with Crippen LogP contribution in [0.3, 0.4) is 0 Å². The highest BCUT2D eigenvalue weighted by Gasteiger charge is 2.32. The van der Waals surface area contributed by atoms with E-state index < -0.39 is 43.5 Å². The number of carbonyl (C=O) groups excluding carboxylic acids is 1. The second kappa shape index (κ2) is 8.67. The Morgan fingerprint density at radius 2 is 2.06 bits per heavy atom. The molecule has 0 spiro atoms. The maximum atomic E-state index is 14.2. The lowest BCUT2D eigenvalue weighted by Gasteiger charge is -2.12. The number of ether oxygens (including phenoxy) is 2. The minimum Gasteiger partial charge on any atom is -0.406 e. The summed E-state index contributed by atoms with van der Waals surface area (Å²) in [5.41, 5.74) is 5.28. The molecule has 2 heterocycles. The molecule has 0 unspecified atom stereocenters. The van der Waals surface area contributed by atoms with E-state index in [1.54, 1.807) is 0 Å². The minimum atomic E-state index is -5.06. The molecule has 0 bridgehead atoms. The summed E-state index contributed by atoms with van der Waals surface area (Å²) in [6.45, 7) is 1.45. The van der Waals surface area contributed by atoms with E-state index in [2.05, 4.69) is 15.0 Å². The van der Waals surface area contributed by atoms with E-state index >= 15 is 0 Å². The van der Waals surface area contributed by atoms with Crippen LogP contribution in [-0.2, 0) is 14.6 Å². The van der Waals surface area contributed by atoms with Crippen LogP contribution in [0.2, 0.25) is 0 Å². The van der Waals surface area contributed by atoms with Gasteiger partial charge in [-0.25, -0.2) is 17.8 Å². The highest BCUT2D eigenvalue weighted by atomic mass is 32.2. The molecule has 1 fully saturated rings. The lowest BCUT2D eigenvalue weighted by atomic mass is 10.1. The van der Waals surface area contributed by atoms with Crippen LogP contribution in [0.4, 0.5) is 23.2 Å². The van der Waals surface area contributed by atoms with Gasteiger partial charge in [-0.2, -0.15) is 0 Å². The molecule has 0 radical (unpaired) electrons. The second-order valence-corrected chi connectivity index (χ2v) is 8.61. The van der Waals surface area contributed by atoms with Crippen molar-refractivity contribution in [2.24, 2.45) is 5.92 Å². The van der Waals surface area contributed by atoms with Crippen LogP contribution in [0.15, 0.2) is 40.3 Å². The first-order chi connectivity index (χ1) is 14.5. The van der Waals surface area contributed by atoms with Crippen LogP contribution in [0.25, 0.3) is 0 Å². The smallest absolute Gasteiger partial charge is 0.406 e. The third-order valence-electron chi connectivity index (χ3n) is 4.42. The first-order valence-electron chi connectivity index (χ1n) is 8.89. The number of hydrogen-bond acceptors (Lipinski definition) is 7. The number of benzene rings is 1. The van der Waals surface area contributed by atoms with Crippen LogP contribution in [-0.4, -0.2) is 45.4 Å². The number of carbonyl (C=O) groups is 1. The number of nitrogens with one attached hydrogen (secondary N) is 1. The number of hydrogen-bond donors (Lipinski definition) is 2. The van der Waals surface area contributed by atoms with E-state index in [0.717, 1.165) is 18.7 Å². The number of nitrogen functional groups attached to an aromatic ring is 1. The van der Waals surface area contributed by atoms with Crippen molar-refractivity contribution in [2.75, 3.05) is 25.5 Å². The molecule has 2 aromatic rings. The Morgan fingerprint density at radius 1 is 1.32 bits per heavy atom. The fourth-order valence-corrected chi connectivity index (χ4v) is 4.18. The van der Waals surface area contributed by atoms with Gasteiger partial charge in [-0.3, -0.25) is 4.79 Å². The van der Waals surface area contributed by atoms with Gasteiger partial charge in [0.05, 0.1) is 17.2 Å². The topological polar surface area (TPSA) is 121 Å². The van der Waals surface area contributed by atoms with Crippen LogP contribution < -0.4 is 15.8 Å². The van der Waals surface area contributed by atoms with Crippen LogP contribution in [0, 0.1) is 11.7 Å². The molecule has 31 heavy (non-hydrogen) atoms. The van der Waals surface area contributed by atoms with Gasteiger partial charge in [-0.15, -0.1) is 13.2 Å². The van der Waals surface area contributed by atoms with Crippen LogP contribution in [0.5, 0.6) is 5.75 Å². The summed E-state index contributed by atoms with van der Waals surface area (Å²) in [4.78, 5) is 14.6. The van der Waals surface area contributed by atoms with Crippen molar-refractivity contribution in [3.05, 3.63) is 42.0 Å². The molecule has 1 aromatic carbocycles. The Bertz CT molecular complexity index is 1090. The number of sulfone groups is 1. The van der Waals surface area contributed by atoms with E-state index in [4.69, 9.17) is 10.5 Å². The number of nitrogens with zero attached hydrogens (tertiary/aromatic N) is 1. The number of nitrogens with two attached hydrogens (primary N) is 1. The predicted molar refractivity (Wildman–Crippen MR) is 98.4 cm³/mol. The molecule has 13 heteroatoms. The lowest BCUT2D eigenvalue weighted by molar-refractivity contribution is -0.274. The highest BCUT2D eigenvalue weighted by Crippen LogP contribution is 2.30. The summed E-state index contributed by atoms with van der Waals surface area (Å²) in [6.07, 6.45) is -3.45. The van der Waals surface area contributed by atoms with Crippen molar-refractivity contribution in [2.45, 2.75) is 22.6 Å². The molecule has 3 N–H and O–H groups in total. The third-order valence-corrected chi connectivity index (χ3v) is 6.17. The summed E-state index contributed by atoms with van der Waals surface area (Å²) in [5.74, 6) is -2.84. The maximum Gasteiger partial charge on any atom is 0.573 e. The van der Waals surface area contributed by atoms with Crippen LogP contribution >= 0.6 is 0 Å². The fraction of sp³-hybridized carbons (Fsp3) is 0.333. The first kappa shape index (κ1) is 22.7. The molecule has 1 aromatic heterocycles. The van der Waals surface area contributed by atoms with Gasteiger partial charge < -0.3 is 20.5 Å². The Morgan fingerprint density at radius 3 is 2.65 bits per heavy atom. The fourth-order valence-electron chi connectivity index (χ4n) is 2.89. The van der Waals surface area contributed by atoms with Gasteiger partial charge in [-0.05, 0) is 24.6 Å².